The number of hydrogen-bond donors (Lipinski definition) is 2. The number of rotatable bonds is 5. The maximum Gasteiger partial charge on any atom is 0.418 e. The highest BCUT2D eigenvalue weighted by Gasteiger charge is 2.34. The molecule has 0 aliphatic heterocycles. The van der Waals surface area contributed by atoms with E-state index in [-0.39, 0.29) is 16.5 Å². The fraction of sp³-hybridized carbons (Fsp3) is 0.176. The summed E-state index contributed by atoms with van der Waals surface area (Å²) in [6, 6.07) is 9.44. The van der Waals surface area contributed by atoms with Crippen LogP contribution in [0.25, 0.3) is 0 Å². The second-order valence-corrected chi connectivity index (χ2v) is 5.61. The molecule has 0 unspecified atom stereocenters. The fourth-order valence-electron chi connectivity index (χ4n) is 2.06. The summed E-state index contributed by atoms with van der Waals surface area (Å²) in [6.45, 7) is 0.656. The highest BCUT2D eigenvalue weighted by atomic mass is 35.5. The minimum absolute atomic E-state index is 0.0323. The van der Waals surface area contributed by atoms with E-state index in [4.69, 9.17) is 16.3 Å². The van der Waals surface area contributed by atoms with Gasteiger partial charge in [0.25, 0.3) is 5.91 Å². The molecule has 0 aromatic heterocycles. The van der Waals surface area contributed by atoms with Gasteiger partial charge in [0.15, 0.2) is 6.61 Å². The Labute approximate surface area is 152 Å². The van der Waals surface area contributed by atoms with Crippen LogP contribution in [-0.4, -0.2) is 18.4 Å². The molecule has 26 heavy (non-hydrogen) atoms. The van der Waals surface area contributed by atoms with Crippen molar-refractivity contribution >= 4 is 34.8 Å². The van der Waals surface area contributed by atoms with Crippen LogP contribution in [0.1, 0.15) is 12.5 Å². The predicted octanol–water partition coefficient (Wildman–Crippen LogP) is 4.33. The highest BCUT2D eigenvalue weighted by Crippen LogP contribution is 2.36. The number of hydrogen-bond acceptors (Lipinski definition) is 3. The topological polar surface area (TPSA) is 67.4 Å². The second kappa shape index (κ2) is 8.09. The molecule has 2 amide bonds. The van der Waals surface area contributed by atoms with Gasteiger partial charge >= 0.3 is 6.18 Å². The van der Waals surface area contributed by atoms with E-state index >= 15 is 0 Å². The lowest BCUT2D eigenvalue weighted by Gasteiger charge is -2.16. The van der Waals surface area contributed by atoms with Gasteiger partial charge in [0.05, 0.1) is 16.3 Å². The third-order valence-electron chi connectivity index (χ3n) is 3.11. The molecule has 9 heteroatoms. The lowest BCUT2D eigenvalue weighted by atomic mass is 10.1. The molecule has 2 rings (SSSR count). The number of carbonyl (C=O) groups is 2. The molecule has 0 saturated carbocycles. The van der Waals surface area contributed by atoms with Crippen molar-refractivity contribution in [1.82, 2.24) is 0 Å². The van der Waals surface area contributed by atoms with Crippen molar-refractivity contribution in [3.63, 3.8) is 0 Å². The van der Waals surface area contributed by atoms with Gasteiger partial charge in [-0.15, -0.1) is 0 Å². The van der Waals surface area contributed by atoms with Crippen molar-refractivity contribution in [1.29, 1.82) is 0 Å². The van der Waals surface area contributed by atoms with E-state index in [1.807, 2.05) is 0 Å². The number of nitrogens with one attached hydrogen (secondary N) is 2. The van der Waals surface area contributed by atoms with Gasteiger partial charge in [0, 0.05) is 12.6 Å². The van der Waals surface area contributed by atoms with Crippen LogP contribution in [0.3, 0.4) is 0 Å². The van der Waals surface area contributed by atoms with E-state index in [0.717, 1.165) is 12.1 Å². The summed E-state index contributed by atoms with van der Waals surface area (Å²) in [5, 5.41) is 4.68. The van der Waals surface area contributed by atoms with E-state index < -0.39 is 35.8 Å². The van der Waals surface area contributed by atoms with Gasteiger partial charge in [-0.25, -0.2) is 0 Å². The SMILES string of the molecule is CC(=O)Nc1ccc(NC(=O)COc2ccccc2Cl)c(C(F)(F)F)c1. The first-order chi connectivity index (χ1) is 12.2. The van der Waals surface area contributed by atoms with Gasteiger partial charge in [-0.1, -0.05) is 23.7 Å². The highest BCUT2D eigenvalue weighted by molar-refractivity contribution is 6.32. The van der Waals surface area contributed by atoms with Crippen molar-refractivity contribution < 1.29 is 27.5 Å². The zero-order chi connectivity index (χ0) is 19.3. The molecule has 2 aromatic carbocycles. The Bertz CT molecular complexity index is 825. The Kier molecular flexibility index (Phi) is 6.10. The smallest absolute Gasteiger partial charge is 0.418 e. The summed E-state index contributed by atoms with van der Waals surface area (Å²) >= 11 is 5.87. The summed E-state index contributed by atoms with van der Waals surface area (Å²) in [7, 11) is 0. The number of amides is 2. The quantitative estimate of drug-likeness (QED) is 0.803. The molecule has 0 aliphatic carbocycles. The maximum atomic E-state index is 13.2. The molecule has 0 aliphatic rings. The summed E-state index contributed by atoms with van der Waals surface area (Å²) in [5.41, 5.74) is -1.57. The Balaban J connectivity index is 2.13. The third kappa shape index (κ3) is 5.38. The summed E-state index contributed by atoms with van der Waals surface area (Å²) < 4.78 is 44.8. The van der Waals surface area contributed by atoms with E-state index in [0.29, 0.717) is 0 Å². The van der Waals surface area contributed by atoms with E-state index in [2.05, 4.69) is 10.6 Å². The molecular weight excluding hydrogens is 373 g/mol. The molecule has 2 N–H and O–H groups in total. The van der Waals surface area contributed by atoms with E-state index in [9.17, 15) is 22.8 Å². The van der Waals surface area contributed by atoms with Crippen LogP contribution in [0.4, 0.5) is 24.5 Å². The Hall–Kier alpha value is -2.74. The second-order valence-electron chi connectivity index (χ2n) is 5.21. The van der Waals surface area contributed by atoms with Gasteiger partial charge in [-0.2, -0.15) is 13.2 Å². The molecule has 0 fully saturated rings. The van der Waals surface area contributed by atoms with Crippen LogP contribution < -0.4 is 15.4 Å². The molecule has 138 valence electrons. The number of alkyl halides is 3. The first-order valence-electron chi connectivity index (χ1n) is 7.33. The van der Waals surface area contributed by atoms with Gasteiger partial charge in [-0.3, -0.25) is 9.59 Å². The van der Waals surface area contributed by atoms with E-state index in [1.165, 1.54) is 19.1 Å². The number of para-hydroxylation sites is 1. The number of carbonyl (C=O) groups excluding carboxylic acids is 2. The van der Waals surface area contributed by atoms with Gasteiger partial charge < -0.3 is 15.4 Å². The monoisotopic (exact) mass is 386 g/mol. The number of benzene rings is 2. The van der Waals surface area contributed by atoms with Gasteiger partial charge in [0.2, 0.25) is 5.91 Å². The molecule has 0 radical (unpaired) electrons. The minimum Gasteiger partial charge on any atom is -0.482 e. The van der Waals surface area contributed by atoms with E-state index in [1.54, 1.807) is 18.2 Å². The zero-order valence-corrected chi connectivity index (χ0v) is 14.2. The number of anilines is 2. The van der Waals surface area contributed by atoms with Gasteiger partial charge in [-0.05, 0) is 30.3 Å². The standard InChI is InChI=1S/C17H14ClF3N2O3/c1-10(24)22-11-6-7-14(12(8-11)17(19,20)21)23-16(25)9-26-15-5-3-2-4-13(15)18/h2-8H,9H2,1H3,(H,22,24)(H,23,25). The number of ether oxygens (including phenoxy) is 1. The average molecular weight is 387 g/mol. The van der Waals surface area contributed by atoms with Crippen molar-refractivity contribution in [3.8, 4) is 5.75 Å². The lowest BCUT2D eigenvalue weighted by molar-refractivity contribution is -0.137. The lowest BCUT2D eigenvalue weighted by Crippen LogP contribution is -2.22. The maximum absolute atomic E-state index is 13.2. The van der Waals surface area contributed by atoms with Gasteiger partial charge in [0.1, 0.15) is 5.75 Å². The minimum atomic E-state index is -4.72. The predicted molar refractivity (Wildman–Crippen MR) is 91.3 cm³/mol. The van der Waals surface area contributed by atoms with Crippen LogP contribution in [-0.2, 0) is 15.8 Å². The largest absolute Gasteiger partial charge is 0.482 e. The average Bonchev–Trinajstić information content (AvgIpc) is 2.54. The molecule has 2 aromatic rings. The summed E-state index contributed by atoms with van der Waals surface area (Å²) in [5.74, 6) is -1.06. The van der Waals surface area contributed by atoms with Crippen molar-refractivity contribution in [3.05, 3.63) is 53.1 Å². The zero-order valence-electron chi connectivity index (χ0n) is 13.5. The molecule has 0 spiro atoms. The van der Waals surface area contributed by atoms with Crippen LogP contribution in [0.2, 0.25) is 5.02 Å². The Morgan fingerprint density at radius 2 is 1.81 bits per heavy atom. The molecular formula is C17H14ClF3N2O3. The molecule has 5 nitrogen and oxygen atoms in total. The summed E-state index contributed by atoms with van der Waals surface area (Å²) in [4.78, 5) is 22.9. The summed E-state index contributed by atoms with van der Waals surface area (Å²) in [6.07, 6.45) is -4.72. The van der Waals surface area contributed by atoms with Crippen LogP contribution in [0.5, 0.6) is 5.75 Å². The van der Waals surface area contributed by atoms with Crippen molar-refractivity contribution in [2.45, 2.75) is 13.1 Å². The molecule has 0 saturated heterocycles. The fourth-order valence-corrected chi connectivity index (χ4v) is 2.25. The Morgan fingerprint density at radius 3 is 2.42 bits per heavy atom. The number of halogens is 4. The molecule has 0 atom stereocenters. The molecule has 0 bridgehead atoms. The van der Waals surface area contributed by atoms with Crippen molar-refractivity contribution in [2.24, 2.45) is 0 Å². The van der Waals surface area contributed by atoms with Crippen LogP contribution in [0.15, 0.2) is 42.5 Å². The first-order valence-corrected chi connectivity index (χ1v) is 7.70. The Morgan fingerprint density at radius 1 is 1.12 bits per heavy atom. The first kappa shape index (κ1) is 19.6. The van der Waals surface area contributed by atoms with Crippen molar-refractivity contribution in [2.75, 3.05) is 17.2 Å². The third-order valence-corrected chi connectivity index (χ3v) is 3.43. The molecule has 0 heterocycles. The normalized spacial score (nSPS) is 11.0. The van der Waals surface area contributed by atoms with Crippen LogP contribution in [0, 0.1) is 0 Å². The van der Waals surface area contributed by atoms with Crippen LogP contribution >= 0.6 is 11.6 Å².